The van der Waals surface area contributed by atoms with E-state index < -0.39 is 5.97 Å². The molecule has 2 N–H and O–H groups in total. The minimum Gasteiger partial charge on any atom is -0.477 e. The number of H-pyrrole nitrogens is 1. The molecule has 0 aliphatic heterocycles. The van der Waals surface area contributed by atoms with Gasteiger partial charge < -0.3 is 10.1 Å². The average molecular weight is 193 g/mol. The first-order valence-corrected chi connectivity index (χ1v) is 4.65. The number of nitrogens with one attached hydrogen (secondary N) is 1. The third-order valence-electron chi connectivity index (χ3n) is 1.91. The third-order valence-corrected chi connectivity index (χ3v) is 1.91. The van der Waals surface area contributed by atoms with Gasteiger partial charge in [-0.15, -0.1) is 0 Å². The van der Waals surface area contributed by atoms with Gasteiger partial charge in [0.2, 0.25) is 0 Å². The monoisotopic (exact) mass is 193 g/mol. The Labute approximate surface area is 82.8 Å². The Balaban J connectivity index is 3.38. The highest BCUT2D eigenvalue weighted by molar-refractivity contribution is 5.85. The van der Waals surface area contributed by atoms with E-state index >= 15 is 0 Å². The van der Waals surface area contributed by atoms with Crippen molar-refractivity contribution in [3.63, 3.8) is 0 Å². The molecule has 0 aliphatic rings. The molecule has 0 bridgehead atoms. The summed E-state index contributed by atoms with van der Waals surface area (Å²) in [6, 6.07) is 1.66. The molecular formula is C11H15NO2. The van der Waals surface area contributed by atoms with Crippen molar-refractivity contribution in [3.8, 4) is 0 Å². The first kappa shape index (κ1) is 10.6. The highest BCUT2D eigenvalue weighted by atomic mass is 16.4. The van der Waals surface area contributed by atoms with Gasteiger partial charge in [0, 0.05) is 5.35 Å². The molecule has 1 heterocycles. The Morgan fingerprint density at radius 3 is 2.64 bits per heavy atom. The lowest BCUT2D eigenvalue weighted by molar-refractivity contribution is 0.0691. The third kappa shape index (κ3) is 2.25. The average Bonchev–Trinajstić information content (AvgIpc) is 2.46. The molecule has 0 saturated carbocycles. The van der Waals surface area contributed by atoms with Crippen LogP contribution < -0.4 is 10.6 Å². The van der Waals surface area contributed by atoms with E-state index in [1.807, 2.05) is 19.1 Å². The van der Waals surface area contributed by atoms with Gasteiger partial charge >= 0.3 is 5.97 Å². The van der Waals surface area contributed by atoms with E-state index in [9.17, 15) is 4.79 Å². The summed E-state index contributed by atoms with van der Waals surface area (Å²) < 4.78 is 0. The second-order valence-electron chi connectivity index (χ2n) is 3.56. The first-order chi connectivity index (χ1) is 6.54. The largest absolute Gasteiger partial charge is 0.477 e. The van der Waals surface area contributed by atoms with Gasteiger partial charge in [-0.1, -0.05) is 26.0 Å². The number of carbonyl (C=O) groups is 1. The Hall–Kier alpha value is -1.51. The first-order valence-electron chi connectivity index (χ1n) is 4.65. The molecule has 1 aromatic rings. The van der Waals surface area contributed by atoms with Crippen molar-refractivity contribution in [3.05, 3.63) is 22.3 Å². The van der Waals surface area contributed by atoms with Crippen molar-refractivity contribution in [2.45, 2.75) is 20.8 Å². The quantitative estimate of drug-likeness (QED) is 0.734. The highest BCUT2D eigenvalue weighted by Crippen LogP contribution is 1.92. The number of aromatic amines is 1. The fraction of sp³-hybridized carbons (Fsp3) is 0.364. The van der Waals surface area contributed by atoms with Crippen LogP contribution in [0, 0.1) is 5.92 Å². The van der Waals surface area contributed by atoms with Gasteiger partial charge in [0.05, 0.1) is 0 Å². The molecule has 1 rings (SSSR count). The number of hydrogen-bond donors (Lipinski definition) is 2. The van der Waals surface area contributed by atoms with Crippen LogP contribution in [0.2, 0.25) is 0 Å². The molecule has 0 amide bonds. The number of carboxylic acids is 1. The molecule has 0 aromatic carbocycles. The molecule has 0 fully saturated rings. The Bertz CT molecular complexity index is 440. The lowest BCUT2D eigenvalue weighted by Gasteiger charge is -1.89. The minimum atomic E-state index is -0.920. The minimum absolute atomic E-state index is 0.241. The molecule has 14 heavy (non-hydrogen) atoms. The zero-order valence-electron chi connectivity index (χ0n) is 8.66. The van der Waals surface area contributed by atoms with Crippen LogP contribution in [0.1, 0.15) is 31.3 Å². The van der Waals surface area contributed by atoms with Gasteiger partial charge in [-0.2, -0.15) is 0 Å². The number of aromatic carboxylic acids is 1. The predicted molar refractivity (Wildman–Crippen MR) is 56.4 cm³/mol. The van der Waals surface area contributed by atoms with E-state index in [-0.39, 0.29) is 5.69 Å². The Morgan fingerprint density at radius 2 is 2.21 bits per heavy atom. The predicted octanol–water partition coefficient (Wildman–Crippen LogP) is 0.950. The molecule has 0 spiro atoms. The smallest absolute Gasteiger partial charge is 0.352 e. The Kier molecular flexibility index (Phi) is 3.12. The summed E-state index contributed by atoms with van der Waals surface area (Å²) in [6.07, 6.45) is 3.92. The van der Waals surface area contributed by atoms with Crippen molar-refractivity contribution >= 4 is 18.1 Å². The molecular weight excluding hydrogens is 178 g/mol. The van der Waals surface area contributed by atoms with Crippen LogP contribution in [0.5, 0.6) is 0 Å². The molecule has 0 radical (unpaired) electrons. The maximum absolute atomic E-state index is 10.7. The zero-order valence-corrected chi connectivity index (χ0v) is 8.66. The van der Waals surface area contributed by atoms with Crippen molar-refractivity contribution in [1.82, 2.24) is 4.98 Å². The summed E-state index contributed by atoms with van der Waals surface area (Å²) in [7, 11) is 0. The summed E-state index contributed by atoms with van der Waals surface area (Å²) in [5, 5.41) is 10.6. The maximum Gasteiger partial charge on any atom is 0.352 e. The molecule has 1 aromatic heterocycles. The summed E-state index contributed by atoms with van der Waals surface area (Å²) in [6.45, 7) is 6.01. The van der Waals surface area contributed by atoms with Gasteiger partial charge in [-0.25, -0.2) is 4.79 Å². The van der Waals surface area contributed by atoms with Crippen LogP contribution in [-0.2, 0) is 0 Å². The molecule has 0 aliphatic carbocycles. The fourth-order valence-electron chi connectivity index (χ4n) is 1.34. The summed E-state index contributed by atoms with van der Waals surface area (Å²) >= 11 is 0. The second kappa shape index (κ2) is 4.13. The lowest BCUT2D eigenvalue weighted by Crippen LogP contribution is -2.22. The van der Waals surface area contributed by atoms with Crippen LogP contribution >= 0.6 is 0 Å². The highest BCUT2D eigenvalue weighted by Gasteiger charge is 2.04. The SMILES string of the molecule is C/C=c1/[nH]c(C(=O)O)c/c1=C/C(C)C. The van der Waals surface area contributed by atoms with Gasteiger partial charge in [0.25, 0.3) is 0 Å². The van der Waals surface area contributed by atoms with Crippen LogP contribution in [0.3, 0.4) is 0 Å². The summed E-state index contributed by atoms with van der Waals surface area (Å²) in [5.41, 5.74) is 0.241. The maximum atomic E-state index is 10.7. The van der Waals surface area contributed by atoms with Gasteiger partial charge in [-0.3, -0.25) is 0 Å². The number of aromatic nitrogens is 1. The van der Waals surface area contributed by atoms with Crippen LogP contribution in [0.4, 0.5) is 0 Å². The van der Waals surface area contributed by atoms with Gasteiger partial charge in [0.1, 0.15) is 5.69 Å². The molecule has 0 atom stereocenters. The van der Waals surface area contributed by atoms with E-state index in [0.717, 1.165) is 10.6 Å². The van der Waals surface area contributed by atoms with E-state index in [2.05, 4.69) is 18.8 Å². The van der Waals surface area contributed by atoms with E-state index in [1.165, 1.54) is 0 Å². The van der Waals surface area contributed by atoms with E-state index in [0.29, 0.717) is 5.92 Å². The van der Waals surface area contributed by atoms with Crippen molar-refractivity contribution < 1.29 is 9.90 Å². The van der Waals surface area contributed by atoms with Gasteiger partial charge in [0.15, 0.2) is 0 Å². The summed E-state index contributed by atoms with van der Waals surface area (Å²) in [5.74, 6) is -0.511. The van der Waals surface area contributed by atoms with Gasteiger partial charge in [-0.05, 0) is 24.1 Å². The standard InChI is InChI=1S/C11H15NO2/c1-4-9-8(5-7(2)3)6-10(12-9)11(13)14/h4-7,12H,1-3H3,(H,13,14)/b8-5-,9-4+. The van der Waals surface area contributed by atoms with Crippen molar-refractivity contribution in [1.29, 1.82) is 0 Å². The molecule has 3 heteroatoms. The molecule has 3 nitrogen and oxygen atoms in total. The molecule has 0 unspecified atom stereocenters. The Morgan fingerprint density at radius 1 is 1.57 bits per heavy atom. The fourth-order valence-corrected chi connectivity index (χ4v) is 1.34. The van der Waals surface area contributed by atoms with E-state index in [4.69, 9.17) is 5.11 Å². The lowest BCUT2D eigenvalue weighted by atomic mass is 10.2. The zero-order chi connectivity index (χ0) is 10.7. The molecule has 0 saturated heterocycles. The van der Waals surface area contributed by atoms with Crippen molar-refractivity contribution in [2.75, 3.05) is 0 Å². The molecule has 76 valence electrons. The topological polar surface area (TPSA) is 53.1 Å². The number of hydrogen-bond acceptors (Lipinski definition) is 1. The normalized spacial score (nSPS) is 14.0. The number of rotatable bonds is 2. The van der Waals surface area contributed by atoms with Crippen LogP contribution in [0.25, 0.3) is 12.2 Å². The summed E-state index contributed by atoms with van der Waals surface area (Å²) in [4.78, 5) is 13.6. The van der Waals surface area contributed by atoms with Crippen molar-refractivity contribution in [2.24, 2.45) is 5.92 Å². The van der Waals surface area contributed by atoms with Crippen LogP contribution in [0.15, 0.2) is 6.07 Å². The van der Waals surface area contributed by atoms with Crippen LogP contribution in [-0.4, -0.2) is 16.1 Å². The number of carboxylic acid groups (broad SMARTS) is 1. The van der Waals surface area contributed by atoms with E-state index in [1.54, 1.807) is 6.07 Å². The second-order valence-corrected chi connectivity index (χ2v) is 3.56.